The van der Waals surface area contributed by atoms with Crippen LogP contribution < -0.4 is 10.8 Å². The average molecular weight is 358 g/mol. The maximum atomic E-state index is 11.6. The first-order valence-electron chi connectivity index (χ1n) is 6.50. The summed E-state index contributed by atoms with van der Waals surface area (Å²) in [7, 11) is -1.22. The third kappa shape index (κ3) is 3.69. The van der Waals surface area contributed by atoms with Gasteiger partial charge in [-0.3, -0.25) is 0 Å². The fourth-order valence-electron chi connectivity index (χ4n) is 2.12. The third-order valence-electron chi connectivity index (χ3n) is 2.90. The fourth-order valence-corrected chi connectivity index (χ4v) is 2.72. The molecule has 21 heavy (non-hydrogen) atoms. The monoisotopic (exact) mass is 357 g/mol. The Morgan fingerprint density at radius 2 is 2.19 bits per heavy atom. The number of nitrogens with one attached hydrogen (secondary N) is 1. The van der Waals surface area contributed by atoms with Crippen LogP contribution in [0.5, 0.6) is 5.75 Å². The number of ether oxygens (including phenoxy) is 1. The minimum Gasteiger partial charge on any atom is -0.508 e. The Morgan fingerprint density at radius 1 is 1.52 bits per heavy atom. The van der Waals surface area contributed by atoms with E-state index in [1.807, 2.05) is 0 Å². The Bertz CT molecular complexity index is 560. The van der Waals surface area contributed by atoms with Crippen molar-refractivity contribution in [3.05, 3.63) is 22.2 Å². The molecule has 0 bridgehead atoms. The molecule has 1 atom stereocenters. The topological polar surface area (TPSA) is 88.0 Å². The van der Waals surface area contributed by atoms with Crippen LogP contribution in [-0.4, -0.2) is 35.5 Å². The summed E-state index contributed by atoms with van der Waals surface area (Å²) in [5.41, 5.74) is 0.357. The number of hydrogen-bond acceptors (Lipinski definition) is 5. The summed E-state index contributed by atoms with van der Waals surface area (Å²) in [6.07, 6.45) is -1.13. The van der Waals surface area contributed by atoms with Gasteiger partial charge in [0, 0.05) is 16.5 Å². The van der Waals surface area contributed by atoms with Crippen LogP contribution >= 0.6 is 15.9 Å². The van der Waals surface area contributed by atoms with Crippen LogP contribution in [0.2, 0.25) is 0 Å². The second-order valence-electron chi connectivity index (χ2n) is 5.75. The van der Waals surface area contributed by atoms with Gasteiger partial charge in [0.05, 0.1) is 6.10 Å². The maximum absolute atomic E-state index is 11.6. The number of fused-ring (bicyclic) bond motifs is 1. The molecule has 0 fully saturated rings. The van der Waals surface area contributed by atoms with E-state index in [1.165, 1.54) is 6.07 Å². The summed E-state index contributed by atoms with van der Waals surface area (Å²) in [6.45, 7) is 5.44. The van der Waals surface area contributed by atoms with Crippen LogP contribution in [0.3, 0.4) is 0 Å². The summed E-state index contributed by atoms with van der Waals surface area (Å²) in [5, 5.41) is 22.3. The lowest BCUT2D eigenvalue weighted by Gasteiger charge is -2.21. The van der Waals surface area contributed by atoms with E-state index in [9.17, 15) is 14.9 Å². The van der Waals surface area contributed by atoms with Gasteiger partial charge in [0.15, 0.2) is 0 Å². The van der Waals surface area contributed by atoms with Crippen molar-refractivity contribution < 1.29 is 24.3 Å². The summed E-state index contributed by atoms with van der Waals surface area (Å²) >= 11 is 3.36. The molecule has 1 aliphatic heterocycles. The van der Waals surface area contributed by atoms with Crippen molar-refractivity contribution in [1.82, 2.24) is 5.32 Å². The molecule has 3 N–H and O–H groups in total. The molecular formula is C13H17BBrNO5. The van der Waals surface area contributed by atoms with Crippen LogP contribution in [0.1, 0.15) is 32.4 Å². The van der Waals surface area contributed by atoms with Crippen molar-refractivity contribution in [2.45, 2.75) is 32.5 Å². The zero-order valence-electron chi connectivity index (χ0n) is 12.0. The van der Waals surface area contributed by atoms with E-state index in [-0.39, 0.29) is 12.3 Å². The Morgan fingerprint density at radius 3 is 2.81 bits per heavy atom. The van der Waals surface area contributed by atoms with E-state index >= 15 is 0 Å². The molecule has 0 aromatic heterocycles. The van der Waals surface area contributed by atoms with E-state index in [0.717, 1.165) is 0 Å². The summed E-state index contributed by atoms with van der Waals surface area (Å²) in [6, 6.07) is 3.13. The number of carbonyl (C=O) groups is 1. The predicted octanol–water partition coefficient (Wildman–Crippen LogP) is 1.44. The predicted molar refractivity (Wildman–Crippen MR) is 81.5 cm³/mol. The van der Waals surface area contributed by atoms with Crippen molar-refractivity contribution in [3.8, 4) is 5.75 Å². The van der Waals surface area contributed by atoms with Crippen molar-refractivity contribution in [3.63, 3.8) is 0 Å². The van der Waals surface area contributed by atoms with Gasteiger partial charge in [-0.05, 0) is 38.5 Å². The Kier molecular flexibility index (Phi) is 4.50. The highest BCUT2D eigenvalue weighted by molar-refractivity contribution is 9.10. The molecule has 6 nitrogen and oxygen atoms in total. The summed E-state index contributed by atoms with van der Waals surface area (Å²) in [4.78, 5) is 11.6. The van der Waals surface area contributed by atoms with Gasteiger partial charge < -0.3 is 24.8 Å². The second kappa shape index (κ2) is 5.86. The number of amides is 1. The fraction of sp³-hybridized carbons (Fsp3) is 0.462. The molecule has 1 aromatic carbocycles. The quantitative estimate of drug-likeness (QED) is 0.697. The van der Waals surface area contributed by atoms with Crippen molar-refractivity contribution >= 4 is 34.6 Å². The van der Waals surface area contributed by atoms with Gasteiger partial charge in [-0.25, -0.2) is 4.79 Å². The molecule has 1 aliphatic rings. The van der Waals surface area contributed by atoms with E-state index < -0.39 is 24.9 Å². The number of phenols is 1. The van der Waals surface area contributed by atoms with Crippen LogP contribution in [0.15, 0.2) is 16.6 Å². The molecule has 0 radical (unpaired) electrons. The molecule has 8 heteroatoms. The van der Waals surface area contributed by atoms with Crippen LogP contribution in [0.25, 0.3) is 0 Å². The van der Waals surface area contributed by atoms with Gasteiger partial charge in [-0.15, -0.1) is 0 Å². The molecular weight excluding hydrogens is 341 g/mol. The highest BCUT2D eigenvalue weighted by Gasteiger charge is 2.39. The first-order valence-corrected chi connectivity index (χ1v) is 7.30. The standard InChI is InChI=1S/C13H17BBrNO5/c1-13(2,3)20-12(18)16-6-9-10-7(15)4-5-8(17)11(10)14(19)21-9/h4-5,9,17,19H,6H2,1-3H3,(H,16,18)/t9-/m1/s1. The molecule has 114 valence electrons. The summed E-state index contributed by atoms with van der Waals surface area (Å²) in [5.74, 6) is -0.0412. The molecule has 2 rings (SSSR count). The zero-order chi connectivity index (χ0) is 15.8. The van der Waals surface area contributed by atoms with Gasteiger partial charge in [0.25, 0.3) is 0 Å². The van der Waals surface area contributed by atoms with Crippen LogP contribution in [0.4, 0.5) is 4.79 Å². The number of carbonyl (C=O) groups excluding carboxylic acids is 1. The average Bonchev–Trinajstić information content (AvgIpc) is 2.68. The Hall–Kier alpha value is -1.25. The third-order valence-corrected chi connectivity index (χ3v) is 3.60. The maximum Gasteiger partial charge on any atom is 0.495 e. The first kappa shape index (κ1) is 16.1. The number of rotatable bonds is 2. The minimum absolute atomic E-state index is 0.0412. The number of hydrogen-bond donors (Lipinski definition) is 3. The number of phenolic OH excluding ortho intramolecular Hbond substituents is 1. The normalized spacial score (nSPS) is 17.6. The number of halogens is 1. The number of benzene rings is 1. The van der Waals surface area contributed by atoms with Crippen molar-refractivity contribution in [2.24, 2.45) is 0 Å². The molecule has 1 heterocycles. The van der Waals surface area contributed by atoms with Crippen LogP contribution in [0, 0.1) is 0 Å². The number of aromatic hydroxyl groups is 1. The molecule has 1 aromatic rings. The lowest BCUT2D eigenvalue weighted by Crippen LogP contribution is -2.35. The lowest BCUT2D eigenvalue weighted by atomic mass is 9.78. The van der Waals surface area contributed by atoms with E-state index in [2.05, 4.69) is 21.2 Å². The SMILES string of the molecule is CC(C)(C)OC(=O)NC[C@H]1OB(O)c2c(O)ccc(Br)c21. The minimum atomic E-state index is -1.22. The number of alkyl carbamates (subject to hydrolysis) is 1. The lowest BCUT2D eigenvalue weighted by molar-refractivity contribution is 0.0498. The van der Waals surface area contributed by atoms with Gasteiger partial charge in [-0.2, -0.15) is 0 Å². The first-order chi connectivity index (χ1) is 9.69. The van der Waals surface area contributed by atoms with E-state index in [0.29, 0.717) is 15.5 Å². The molecule has 0 unspecified atom stereocenters. The van der Waals surface area contributed by atoms with Gasteiger partial charge in [0.1, 0.15) is 11.4 Å². The van der Waals surface area contributed by atoms with Gasteiger partial charge in [0.2, 0.25) is 0 Å². The van der Waals surface area contributed by atoms with Crippen molar-refractivity contribution in [1.29, 1.82) is 0 Å². The van der Waals surface area contributed by atoms with Crippen molar-refractivity contribution in [2.75, 3.05) is 6.54 Å². The molecule has 0 saturated heterocycles. The smallest absolute Gasteiger partial charge is 0.495 e. The largest absolute Gasteiger partial charge is 0.508 e. The Labute approximate surface area is 131 Å². The highest BCUT2D eigenvalue weighted by Crippen LogP contribution is 2.32. The van der Waals surface area contributed by atoms with Crippen LogP contribution in [-0.2, 0) is 9.39 Å². The molecule has 0 spiro atoms. The molecule has 0 saturated carbocycles. The van der Waals surface area contributed by atoms with Gasteiger partial charge >= 0.3 is 13.2 Å². The highest BCUT2D eigenvalue weighted by atomic mass is 79.9. The van der Waals surface area contributed by atoms with Gasteiger partial charge in [-0.1, -0.05) is 15.9 Å². The van der Waals surface area contributed by atoms with E-state index in [4.69, 9.17) is 9.39 Å². The zero-order valence-corrected chi connectivity index (χ0v) is 13.6. The second-order valence-corrected chi connectivity index (χ2v) is 6.61. The Balaban J connectivity index is 2.09. The molecule has 0 aliphatic carbocycles. The summed E-state index contributed by atoms with van der Waals surface area (Å²) < 4.78 is 11.2. The van der Waals surface area contributed by atoms with E-state index in [1.54, 1.807) is 26.8 Å². The molecule has 1 amide bonds.